The number of fused-ring (bicyclic) bond motifs is 4. The Morgan fingerprint density at radius 1 is 1.15 bits per heavy atom. The van der Waals surface area contributed by atoms with E-state index in [-0.39, 0.29) is 5.91 Å². The van der Waals surface area contributed by atoms with Gasteiger partial charge >= 0.3 is 0 Å². The van der Waals surface area contributed by atoms with Crippen LogP contribution in [0.2, 0.25) is 0 Å². The first kappa shape index (κ1) is 15.4. The smallest absolute Gasteiger partial charge is 0.256 e. The van der Waals surface area contributed by atoms with Gasteiger partial charge in [-0.05, 0) is 43.4 Å². The molecule has 1 fully saturated rings. The van der Waals surface area contributed by atoms with Crippen LogP contribution in [0, 0.1) is 12.8 Å². The van der Waals surface area contributed by atoms with Gasteiger partial charge in [0.1, 0.15) is 5.82 Å². The van der Waals surface area contributed by atoms with Gasteiger partial charge in [-0.25, -0.2) is 9.97 Å². The van der Waals surface area contributed by atoms with E-state index in [0.29, 0.717) is 17.4 Å². The molecule has 0 saturated carbocycles. The molecule has 1 aromatic carbocycles. The summed E-state index contributed by atoms with van der Waals surface area (Å²) in [5.41, 5.74) is 3.88. The van der Waals surface area contributed by atoms with E-state index < -0.39 is 0 Å². The summed E-state index contributed by atoms with van der Waals surface area (Å²) in [6.45, 7) is 3.47. The predicted octanol–water partition coefficient (Wildman–Crippen LogP) is 3.14. The summed E-state index contributed by atoms with van der Waals surface area (Å²) in [5, 5.41) is 1.00. The van der Waals surface area contributed by atoms with Crippen molar-refractivity contribution in [3.63, 3.8) is 0 Å². The fraction of sp³-hybridized carbons (Fsp3) is 0.333. The van der Waals surface area contributed by atoms with Crippen LogP contribution in [0.5, 0.6) is 0 Å². The number of amides is 1. The minimum Gasteiger partial charge on any atom is -0.338 e. The van der Waals surface area contributed by atoms with E-state index in [1.807, 2.05) is 48.4 Å². The van der Waals surface area contributed by atoms with Crippen molar-refractivity contribution >= 4 is 16.8 Å². The van der Waals surface area contributed by atoms with Crippen molar-refractivity contribution in [2.75, 3.05) is 13.1 Å². The van der Waals surface area contributed by atoms with Gasteiger partial charge in [0.25, 0.3) is 5.91 Å². The van der Waals surface area contributed by atoms with Crippen LogP contribution >= 0.6 is 0 Å². The van der Waals surface area contributed by atoms with Crippen molar-refractivity contribution in [3.8, 4) is 0 Å². The van der Waals surface area contributed by atoms with Gasteiger partial charge in [-0.3, -0.25) is 9.78 Å². The van der Waals surface area contributed by atoms with Crippen molar-refractivity contribution in [1.82, 2.24) is 19.9 Å². The normalized spacial score (nSPS) is 21.5. The molecular formula is C21H20N4O. The maximum atomic E-state index is 13.2. The predicted molar refractivity (Wildman–Crippen MR) is 99.0 cm³/mol. The molecule has 0 unspecified atom stereocenters. The number of rotatable bonds is 1. The van der Waals surface area contributed by atoms with Gasteiger partial charge < -0.3 is 4.90 Å². The van der Waals surface area contributed by atoms with Crippen LogP contribution in [0.1, 0.15) is 39.8 Å². The van der Waals surface area contributed by atoms with Crippen molar-refractivity contribution in [3.05, 3.63) is 65.4 Å². The zero-order valence-electron chi connectivity index (χ0n) is 14.7. The van der Waals surface area contributed by atoms with E-state index in [9.17, 15) is 4.79 Å². The number of pyridine rings is 1. The summed E-state index contributed by atoms with van der Waals surface area (Å²) >= 11 is 0. The highest BCUT2D eigenvalue weighted by molar-refractivity contribution is 6.05. The molecule has 130 valence electrons. The van der Waals surface area contributed by atoms with Gasteiger partial charge in [0.2, 0.25) is 0 Å². The molecule has 1 saturated heterocycles. The molecule has 5 rings (SSSR count). The lowest BCUT2D eigenvalue weighted by Crippen LogP contribution is -2.29. The first-order valence-corrected chi connectivity index (χ1v) is 9.16. The Labute approximate surface area is 152 Å². The Morgan fingerprint density at radius 3 is 2.96 bits per heavy atom. The Morgan fingerprint density at radius 2 is 2.04 bits per heavy atom. The van der Waals surface area contributed by atoms with Crippen LogP contribution in [-0.2, 0) is 6.42 Å². The fourth-order valence-electron chi connectivity index (χ4n) is 4.45. The summed E-state index contributed by atoms with van der Waals surface area (Å²) in [4.78, 5) is 28.7. The second-order valence-electron chi connectivity index (χ2n) is 7.32. The third-order valence-electron chi connectivity index (χ3n) is 5.75. The molecule has 5 nitrogen and oxygen atoms in total. The Kier molecular flexibility index (Phi) is 3.48. The van der Waals surface area contributed by atoms with Crippen LogP contribution < -0.4 is 0 Å². The lowest BCUT2D eigenvalue weighted by Gasteiger charge is -2.25. The fourth-order valence-corrected chi connectivity index (χ4v) is 4.45. The van der Waals surface area contributed by atoms with Crippen LogP contribution in [-0.4, -0.2) is 38.8 Å². The average molecular weight is 344 g/mol. The summed E-state index contributed by atoms with van der Waals surface area (Å²) in [7, 11) is 0. The van der Waals surface area contributed by atoms with Crippen LogP contribution in [0.4, 0.5) is 0 Å². The zero-order chi connectivity index (χ0) is 17.7. The highest BCUT2D eigenvalue weighted by atomic mass is 16.2. The lowest BCUT2D eigenvalue weighted by atomic mass is 9.80. The summed E-state index contributed by atoms with van der Waals surface area (Å²) in [6.07, 6.45) is 5.82. The number of benzene rings is 1. The van der Waals surface area contributed by atoms with E-state index in [1.54, 1.807) is 6.20 Å². The second kappa shape index (κ2) is 5.87. The van der Waals surface area contributed by atoms with Gasteiger partial charge in [0, 0.05) is 36.8 Å². The van der Waals surface area contributed by atoms with Gasteiger partial charge in [-0.15, -0.1) is 0 Å². The molecule has 3 aromatic rings. The third kappa shape index (κ3) is 2.38. The number of likely N-dealkylation sites (tertiary alicyclic amines) is 1. The highest BCUT2D eigenvalue weighted by Gasteiger charge is 2.40. The average Bonchev–Trinajstić information content (AvgIpc) is 3.12. The number of hydrogen-bond acceptors (Lipinski definition) is 4. The number of carbonyl (C=O) groups is 1. The third-order valence-corrected chi connectivity index (χ3v) is 5.75. The Balaban J connectivity index is 1.48. The van der Waals surface area contributed by atoms with E-state index in [0.717, 1.165) is 48.4 Å². The number of carbonyl (C=O) groups excluding carboxylic acids is 1. The second-order valence-corrected chi connectivity index (χ2v) is 7.32. The molecule has 1 amide bonds. The molecule has 1 aliphatic carbocycles. The Hall–Kier alpha value is -2.82. The Bertz CT molecular complexity index is 1010. The van der Waals surface area contributed by atoms with Crippen molar-refractivity contribution in [2.45, 2.75) is 25.7 Å². The van der Waals surface area contributed by atoms with Crippen LogP contribution in [0.25, 0.3) is 10.9 Å². The van der Waals surface area contributed by atoms with E-state index in [4.69, 9.17) is 4.98 Å². The highest BCUT2D eigenvalue weighted by Crippen LogP contribution is 2.40. The number of para-hydroxylation sites is 1. The van der Waals surface area contributed by atoms with Crippen molar-refractivity contribution in [1.29, 1.82) is 0 Å². The first-order chi connectivity index (χ1) is 12.7. The number of nitrogens with zero attached hydrogens (tertiary/aromatic N) is 4. The van der Waals surface area contributed by atoms with E-state index >= 15 is 0 Å². The molecule has 0 N–H and O–H groups in total. The number of hydrogen-bond donors (Lipinski definition) is 0. The van der Waals surface area contributed by atoms with E-state index in [2.05, 4.69) is 9.97 Å². The van der Waals surface area contributed by atoms with Gasteiger partial charge in [-0.1, -0.05) is 18.2 Å². The number of aryl methyl sites for hydroxylation is 2. The van der Waals surface area contributed by atoms with Gasteiger partial charge in [0.15, 0.2) is 0 Å². The molecule has 0 spiro atoms. The van der Waals surface area contributed by atoms with E-state index in [1.165, 1.54) is 5.56 Å². The summed E-state index contributed by atoms with van der Waals surface area (Å²) in [6, 6.07) is 9.73. The zero-order valence-corrected chi connectivity index (χ0v) is 14.7. The quantitative estimate of drug-likeness (QED) is 0.680. The molecule has 2 aliphatic rings. The van der Waals surface area contributed by atoms with Crippen molar-refractivity contribution < 1.29 is 4.79 Å². The molecule has 2 aromatic heterocycles. The molecule has 26 heavy (non-hydrogen) atoms. The van der Waals surface area contributed by atoms with Gasteiger partial charge in [-0.2, -0.15) is 0 Å². The molecule has 0 bridgehead atoms. The minimum atomic E-state index is 0.0797. The monoisotopic (exact) mass is 344 g/mol. The minimum absolute atomic E-state index is 0.0797. The number of aromatic nitrogens is 3. The standard InChI is InChI=1S/C21H20N4O/c1-13-23-10-15-7-8-16-11-25(12-18(16)20(15)24-13)21(26)17-6-2-4-14-5-3-9-22-19(14)17/h2-6,9-10,16,18H,7-8,11-12H2,1H3/t16-,18+/m1/s1. The van der Waals surface area contributed by atoms with Crippen LogP contribution in [0.3, 0.4) is 0 Å². The summed E-state index contributed by atoms with van der Waals surface area (Å²) < 4.78 is 0. The molecular weight excluding hydrogens is 324 g/mol. The SMILES string of the molecule is Cc1ncc2c(n1)[C@H]1CN(C(=O)c3cccc4cccnc34)C[C@H]1CC2. The van der Waals surface area contributed by atoms with Crippen molar-refractivity contribution in [2.24, 2.45) is 5.92 Å². The molecule has 5 heteroatoms. The largest absolute Gasteiger partial charge is 0.338 e. The van der Waals surface area contributed by atoms with Crippen LogP contribution in [0.15, 0.2) is 42.7 Å². The maximum Gasteiger partial charge on any atom is 0.256 e. The maximum absolute atomic E-state index is 13.2. The summed E-state index contributed by atoms with van der Waals surface area (Å²) in [5.74, 6) is 1.71. The lowest BCUT2D eigenvalue weighted by molar-refractivity contribution is 0.0787. The first-order valence-electron chi connectivity index (χ1n) is 9.16. The molecule has 1 aliphatic heterocycles. The topological polar surface area (TPSA) is 59.0 Å². The van der Waals surface area contributed by atoms with Gasteiger partial charge in [0.05, 0.1) is 16.8 Å². The molecule has 0 radical (unpaired) electrons. The molecule has 3 heterocycles. The molecule has 2 atom stereocenters.